The summed E-state index contributed by atoms with van der Waals surface area (Å²) in [5.74, 6) is -0.320. The number of hydrogen-bond donors (Lipinski definition) is 1. The molecule has 0 saturated carbocycles. The average molecular weight is 268 g/mol. The Hall–Kier alpha value is -2.61. The second-order valence-electron chi connectivity index (χ2n) is 4.42. The van der Waals surface area contributed by atoms with E-state index in [-0.39, 0.29) is 5.91 Å². The van der Waals surface area contributed by atoms with Crippen molar-refractivity contribution in [1.29, 1.82) is 5.26 Å². The number of benzene rings is 1. The summed E-state index contributed by atoms with van der Waals surface area (Å²) in [5, 5.41) is 15.8. The van der Waals surface area contributed by atoms with Crippen molar-refractivity contribution < 1.29 is 4.79 Å². The molecule has 102 valence electrons. The van der Waals surface area contributed by atoms with Crippen LogP contribution in [0.15, 0.2) is 42.6 Å². The van der Waals surface area contributed by atoms with Gasteiger partial charge >= 0.3 is 0 Å². The summed E-state index contributed by atoms with van der Waals surface area (Å²) in [6.45, 7) is 1.97. The average Bonchev–Trinajstić information content (AvgIpc) is 2.97. The third-order valence-electron chi connectivity index (χ3n) is 2.88. The summed E-state index contributed by atoms with van der Waals surface area (Å²) in [6.07, 6.45) is 3.21. The molecular formula is C15H16N4O. The number of nitriles is 1. The topological polar surface area (TPSA) is 70.7 Å². The number of hydrogen-bond acceptors (Lipinski definition) is 3. The van der Waals surface area contributed by atoms with Gasteiger partial charge in [0.1, 0.15) is 6.04 Å². The lowest BCUT2D eigenvalue weighted by Gasteiger charge is -2.08. The van der Waals surface area contributed by atoms with Gasteiger partial charge in [-0.15, -0.1) is 0 Å². The maximum Gasteiger partial charge on any atom is 0.272 e. The molecule has 1 aromatic heterocycles. The van der Waals surface area contributed by atoms with Crippen LogP contribution in [0.25, 0.3) is 5.69 Å². The Morgan fingerprint density at radius 3 is 2.80 bits per heavy atom. The zero-order chi connectivity index (χ0) is 14.4. The summed E-state index contributed by atoms with van der Waals surface area (Å²) < 4.78 is 1.64. The van der Waals surface area contributed by atoms with Crippen molar-refractivity contribution >= 4 is 5.91 Å². The number of carbonyl (C=O) groups excluding carboxylic acids is 1. The van der Waals surface area contributed by atoms with E-state index in [4.69, 9.17) is 5.26 Å². The molecule has 1 N–H and O–H groups in total. The van der Waals surface area contributed by atoms with Crippen molar-refractivity contribution in [3.05, 3.63) is 48.3 Å². The molecule has 0 bridgehead atoms. The molecule has 0 unspecified atom stereocenters. The number of para-hydroxylation sites is 1. The van der Waals surface area contributed by atoms with E-state index in [1.54, 1.807) is 16.9 Å². The zero-order valence-corrected chi connectivity index (χ0v) is 11.3. The highest BCUT2D eigenvalue weighted by Gasteiger charge is 2.14. The van der Waals surface area contributed by atoms with Crippen LogP contribution in [-0.2, 0) is 0 Å². The fraction of sp³-hybridized carbons (Fsp3) is 0.267. The minimum absolute atomic E-state index is 0.310. The first-order valence-corrected chi connectivity index (χ1v) is 6.56. The highest BCUT2D eigenvalue weighted by atomic mass is 16.2. The molecule has 5 heteroatoms. The summed E-state index contributed by atoms with van der Waals surface area (Å²) in [6, 6.07) is 12.8. The lowest BCUT2D eigenvalue weighted by atomic mass is 10.2. The predicted molar refractivity (Wildman–Crippen MR) is 75.3 cm³/mol. The molecule has 0 radical (unpaired) electrons. The monoisotopic (exact) mass is 268 g/mol. The van der Waals surface area contributed by atoms with Gasteiger partial charge in [0.25, 0.3) is 5.91 Å². The van der Waals surface area contributed by atoms with E-state index in [1.807, 2.05) is 37.3 Å². The molecule has 1 atom stereocenters. The molecule has 20 heavy (non-hydrogen) atoms. The highest BCUT2D eigenvalue weighted by Crippen LogP contribution is 2.07. The van der Waals surface area contributed by atoms with Gasteiger partial charge in [-0.25, -0.2) is 4.68 Å². The van der Waals surface area contributed by atoms with Crippen molar-refractivity contribution in [2.75, 3.05) is 0 Å². The van der Waals surface area contributed by atoms with Crippen LogP contribution < -0.4 is 5.32 Å². The number of aromatic nitrogens is 2. The van der Waals surface area contributed by atoms with Crippen molar-refractivity contribution in [2.24, 2.45) is 0 Å². The number of nitrogens with one attached hydrogen (secondary N) is 1. The van der Waals surface area contributed by atoms with E-state index in [0.29, 0.717) is 12.1 Å². The highest BCUT2D eigenvalue weighted by molar-refractivity contribution is 5.92. The van der Waals surface area contributed by atoms with Gasteiger partial charge in [0.15, 0.2) is 5.69 Å². The van der Waals surface area contributed by atoms with Crippen LogP contribution in [0.4, 0.5) is 0 Å². The van der Waals surface area contributed by atoms with E-state index in [0.717, 1.165) is 12.1 Å². The molecule has 0 saturated heterocycles. The van der Waals surface area contributed by atoms with Crippen molar-refractivity contribution in [3.8, 4) is 11.8 Å². The summed E-state index contributed by atoms with van der Waals surface area (Å²) in [5.41, 5.74) is 1.20. The second-order valence-corrected chi connectivity index (χ2v) is 4.42. The molecule has 2 rings (SSSR count). The minimum Gasteiger partial charge on any atom is -0.335 e. The van der Waals surface area contributed by atoms with Crippen molar-refractivity contribution in [3.63, 3.8) is 0 Å². The van der Waals surface area contributed by atoms with Gasteiger partial charge in [0.2, 0.25) is 0 Å². The van der Waals surface area contributed by atoms with E-state index < -0.39 is 6.04 Å². The Morgan fingerprint density at radius 1 is 1.40 bits per heavy atom. The van der Waals surface area contributed by atoms with Crippen LogP contribution in [0.2, 0.25) is 0 Å². The summed E-state index contributed by atoms with van der Waals surface area (Å²) in [4.78, 5) is 12.0. The molecule has 1 aromatic carbocycles. The van der Waals surface area contributed by atoms with Gasteiger partial charge in [-0.1, -0.05) is 31.5 Å². The molecule has 0 aliphatic rings. The Labute approximate surface area is 117 Å². The molecule has 0 aliphatic heterocycles. The Balaban J connectivity index is 2.09. The van der Waals surface area contributed by atoms with Gasteiger partial charge in [-0.3, -0.25) is 4.79 Å². The quantitative estimate of drug-likeness (QED) is 0.904. The molecule has 1 heterocycles. The molecule has 0 aliphatic carbocycles. The van der Waals surface area contributed by atoms with Crippen LogP contribution in [0.1, 0.15) is 30.3 Å². The van der Waals surface area contributed by atoms with E-state index in [1.165, 1.54) is 0 Å². The van der Waals surface area contributed by atoms with Gasteiger partial charge < -0.3 is 5.32 Å². The minimum atomic E-state index is -0.464. The van der Waals surface area contributed by atoms with Crippen molar-refractivity contribution in [1.82, 2.24) is 15.1 Å². The first-order chi connectivity index (χ1) is 9.74. The van der Waals surface area contributed by atoms with E-state index >= 15 is 0 Å². The van der Waals surface area contributed by atoms with Gasteiger partial charge in [-0.05, 0) is 24.6 Å². The molecule has 5 nitrogen and oxygen atoms in total. The maximum absolute atomic E-state index is 12.0. The van der Waals surface area contributed by atoms with Gasteiger partial charge in [0.05, 0.1) is 11.8 Å². The van der Waals surface area contributed by atoms with E-state index in [2.05, 4.69) is 16.5 Å². The summed E-state index contributed by atoms with van der Waals surface area (Å²) in [7, 11) is 0. The predicted octanol–water partition coefficient (Wildman–Crippen LogP) is 2.29. The fourth-order valence-corrected chi connectivity index (χ4v) is 1.86. The molecule has 1 amide bonds. The smallest absolute Gasteiger partial charge is 0.272 e. The zero-order valence-electron chi connectivity index (χ0n) is 11.3. The first-order valence-electron chi connectivity index (χ1n) is 6.56. The third-order valence-corrected chi connectivity index (χ3v) is 2.88. The van der Waals surface area contributed by atoms with Crippen LogP contribution in [0.3, 0.4) is 0 Å². The Kier molecular flexibility index (Phi) is 4.51. The van der Waals surface area contributed by atoms with Gasteiger partial charge in [0, 0.05) is 6.20 Å². The lowest BCUT2D eigenvalue weighted by Crippen LogP contribution is -2.33. The first kappa shape index (κ1) is 13.8. The van der Waals surface area contributed by atoms with Crippen LogP contribution in [0.5, 0.6) is 0 Å². The Bertz CT molecular complexity index is 612. The van der Waals surface area contributed by atoms with Crippen molar-refractivity contribution in [2.45, 2.75) is 25.8 Å². The van der Waals surface area contributed by atoms with E-state index in [9.17, 15) is 4.79 Å². The molecule has 0 fully saturated rings. The van der Waals surface area contributed by atoms with Gasteiger partial charge in [-0.2, -0.15) is 10.4 Å². The number of rotatable bonds is 5. The lowest BCUT2D eigenvalue weighted by molar-refractivity contribution is 0.0938. The second kappa shape index (κ2) is 6.53. The SMILES string of the molecule is CCC[C@H](C#N)NC(=O)c1ccn(-c2ccccc2)n1. The van der Waals surface area contributed by atoms with Crippen LogP contribution >= 0.6 is 0 Å². The standard InChI is InChI=1S/C15H16N4O/c1-2-6-12(11-16)17-15(20)14-9-10-19(18-14)13-7-4-3-5-8-13/h3-5,7-10,12H,2,6H2,1H3,(H,17,20)/t12-/m1/s1. The normalized spacial score (nSPS) is 11.6. The number of amides is 1. The van der Waals surface area contributed by atoms with Crippen LogP contribution in [-0.4, -0.2) is 21.7 Å². The van der Waals surface area contributed by atoms with Crippen LogP contribution in [0, 0.1) is 11.3 Å². The molecule has 0 spiro atoms. The fourth-order valence-electron chi connectivity index (χ4n) is 1.86. The number of nitrogens with zero attached hydrogens (tertiary/aromatic N) is 3. The molecular weight excluding hydrogens is 252 g/mol. The Morgan fingerprint density at radius 2 is 2.15 bits per heavy atom. The largest absolute Gasteiger partial charge is 0.335 e. The molecule has 2 aromatic rings. The maximum atomic E-state index is 12.0. The summed E-state index contributed by atoms with van der Waals surface area (Å²) >= 11 is 0. The number of carbonyl (C=O) groups is 1. The third kappa shape index (κ3) is 3.23.